The number of fused-ring (bicyclic) bond motifs is 1. The van der Waals surface area contributed by atoms with Gasteiger partial charge in [-0.25, -0.2) is 4.98 Å². The second-order valence-corrected chi connectivity index (χ2v) is 6.74. The number of halogens is 1. The zero-order valence-corrected chi connectivity index (χ0v) is 13.7. The van der Waals surface area contributed by atoms with Crippen molar-refractivity contribution in [2.45, 2.75) is 52.2 Å². The molecule has 1 aliphatic rings. The molecule has 0 unspecified atom stereocenters. The van der Waals surface area contributed by atoms with Gasteiger partial charge in [-0.1, -0.05) is 13.0 Å². The molecular formula is C17H23ClN2O. The lowest BCUT2D eigenvalue weighted by atomic mass is 9.81. The summed E-state index contributed by atoms with van der Waals surface area (Å²) in [5.74, 6) is 3.39. The molecule has 0 spiro atoms. The third-order valence-corrected chi connectivity index (χ3v) is 4.34. The van der Waals surface area contributed by atoms with E-state index in [4.69, 9.17) is 21.3 Å². The van der Waals surface area contributed by atoms with Gasteiger partial charge in [-0.15, -0.1) is 11.6 Å². The molecule has 1 aliphatic carbocycles. The van der Waals surface area contributed by atoms with E-state index in [1.165, 1.54) is 18.4 Å². The number of para-hydroxylation sites is 1. The maximum absolute atomic E-state index is 5.97. The Hall–Kier alpha value is -1.22. The van der Waals surface area contributed by atoms with Crippen LogP contribution in [-0.4, -0.2) is 21.5 Å². The van der Waals surface area contributed by atoms with E-state index in [1.54, 1.807) is 0 Å². The quantitative estimate of drug-likeness (QED) is 0.756. The van der Waals surface area contributed by atoms with E-state index in [0.717, 1.165) is 29.4 Å². The largest absolute Gasteiger partial charge is 0.489 e. The standard InChI is InChI=1S/C17H23ClN2O/c1-11(2)21-15-6-4-5-14-17(15)19-16(7-8-18)20(14)13-9-12(3)10-13/h4-6,11-13H,7-10H2,1-3H3. The fraction of sp³-hybridized carbons (Fsp3) is 0.588. The molecule has 4 heteroatoms. The van der Waals surface area contributed by atoms with Crippen molar-refractivity contribution in [2.75, 3.05) is 5.88 Å². The highest BCUT2D eigenvalue weighted by Gasteiger charge is 2.30. The van der Waals surface area contributed by atoms with Gasteiger partial charge in [0.05, 0.1) is 11.6 Å². The van der Waals surface area contributed by atoms with Crippen molar-refractivity contribution in [3.8, 4) is 5.75 Å². The summed E-state index contributed by atoms with van der Waals surface area (Å²) in [6.07, 6.45) is 3.43. The molecule has 114 valence electrons. The number of nitrogens with zero attached hydrogens (tertiary/aromatic N) is 2. The van der Waals surface area contributed by atoms with Gasteiger partial charge in [0.15, 0.2) is 0 Å². The first-order valence-electron chi connectivity index (χ1n) is 7.82. The highest BCUT2D eigenvalue weighted by atomic mass is 35.5. The summed E-state index contributed by atoms with van der Waals surface area (Å²) in [5.41, 5.74) is 2.16. The maximum Gasteiger partial charge on any atom is 0.147 e. The van der Waals surface area contributed by atoms with Gasteiger partial charge in [-0.05, 0) is 44.7 Å². The lowest BCUT2D eigenvalue weighted by Crippen LogP contribution is -2.26. The highest BCUT2D eigenvalue weighted by Crippen LogP contribution is 2.41. The van der Waals surface area contributed by atoms with Crippen molar-refractivity contribution in [3.05, 3.63) is 24.0 Å². The van der Waals surface area contributed by atoms with Crippen LogP contribution < -0.4 is 4.74 Å². The van der Waals surface area contributed by atoms with Crippen LogP contribution in [0.15, 0.2) is 18.2 Å². The molecule has 1 fully saturated rings. The van der Waals surface area contributed by atoms with Crippen LogP contribution >= 0.6 is 11.6 Å². The van der Waals surface area contributed by atoms with Gasteiger partial charge in [0.25, 0.3) is 0 Å². The van der Waals surface area contributed by atoms with Crippen LogP contribution in [0, 0.1) is 5.92 Å². The van der Waals surface area contributed by atoms with Crippen molar-refractivity contribution >= 4 is 22.6 Å². The second-order valence-electron chi connectivity index (χ2n) is 6.36. The summed E-state index contributed by atoms with van der Waals surface area (Å²) in [5, 5.41) is 0. The highest BCUT2D eigenvalue weighted by molar-refractivity contribution is 6.17. The molecule has 0 aliphatic heterocycles. The first kappa shape index (κ1) is 14.7. The van der Waals surface area contributed by atoms with Gasteiger partial charge in [0.2, 0.25) is 0 Å². The minimum atomic E-state index is 0.154. The number of imidazole rings is 1. The molecule has 0 saturated heterocycles. The summed E-state index contributed by atoms with van der Waals surface area (Å²) < 4.78 is 8.31. The number of hydrogen-bond donors (Lipinski definition) is 0. The summed E-state index contributed by atoms with van der Waals surface area (Å²) in [4.78, 5) is 4.84. The molecule has 21 heavy (non-hydrogen) atoms. The van der Waals surface area contributed by atoms with Crippen LogP contribution in [0.5, 0.6) is 5.75 Å². The number of hydrogen-bond acceptors (Lipinski definition) is 2. The third-order valence-electron chi connectivity index (χ3n) is 4.15. The number of aryl methyl sites for hydroxylation is 1. The van der Waals surface area contributed by atoms with E-state index in [1.807, 2.05) is 19.9 Å². The molecule has 2 aromatic rings. The van der Waals surface area contributed by atoms with Gasteiger partial charge in [0.1, 0.15) is 17.1 Å². The van der Waals surface area contributed by atoms with Gasteiger partial charge < -0.3 is 9.30 Å². The maximum atomic E-state index is 5.97. The minimum Gasteiger partial charge on any atom is -0.489 e. The van der Waals surface area contributed by atoms with Crippen molar-refractivity contribution in [3.63, 3.8) is 0 Å². The van der Waals surface area contributed by atoms with E-state index in [-0.39, 0.29) is 6.10 Å². The van der Waals surface area contributed by atoms with E-state index in [9.17, 15) is 0 Å². The smallest absolute Gasteiger partial charge is 0.147 e. The van der Waals surface area contributed by atoms with E-state index in [0.29, 0.717) is 11.9 Å². The monoisotopic (exact) mass is 306 g/mol. The predicted molar refractivity (Wildman–Crippen MR) is 87.4 cm³/mol. The van der Waals surface area contributed by atoms with Crippen LogP contribution in [0.1, 0.15) is 45.5 Å². The first-order chi connectivity index (χ1) is 10.1. The third kappa shape index (κ3) is 2.76. The Kier molecular flexibility index (Phi) is 4.12. The van der Waals surface area contributed by atoms with E-state index >= 15 is 0 Å². The molecule has 1 aromatic carbocycles. The van der Waals surface area contributed by atoms with E-state index in [2.05, 4.69) is 23.6 Å². The zero-order valence-electron chi connectivity index (χ0n) is 13.0. The molecular weight excluding hydrogens is 284 g/mol. The number of aromatic nitrogens is 2. The normalized spacial score (nSPS) is 21.8. The molecule has 0 amide bonds. The number of ether oxygens (including phenoxy) is 1. The Morgan fingerprint density at radius 1 is 1.38 bits per heavy atom. The Labute approximate surface area is 131 Å². The van der Waals surface area contributed by atoms with Crippen LogP contribution in [0.2, 0.25) is 0 Å². The van der Waals surface area contributed by atoms with Gasteiger partial charge >= 0.3 is 0 Å². The zero-order chi connectivity index (χ0) is 15.0. The number of benzene rings is 1. The van der Waals surface area contributed by atoms with Crippen LogP contribution in [-0.2, 0) is 6.42 Å². The number of rotatable bonds is 5. The molecule has 0 atom stereocenters. The van der Waals surface area contributed by atoms with Crippen molar-refractivity contribution in [1.82, 2.24) is 9.55 Å². The fourth-order valence-electron chi connectivity index (χ4n) is 3.23. The Morgan fingerprint density at radius 3 is 2.76 bits per heavy atom. The van der Waals surface area contributed by atoms with Crippen LogP contribution in [0.3, 0.4) is 0 Å². The second kappa shape index (κ2) is 5.88. The Morgan fingerprint density at radius 2 is 2.14 bits per heavy atom. The van der Waals surface area contributed by atoms with Gasteiger partial charge in [-0.3, -0.25) is 0 Å². The molecule has 1 saturated carbocycles. The molecule has 1 aromatic heterocycles. The van der Waals surface area contributed by atoms with Gasteiger partial charge in [0, 0.05) is 18.3 Å². The molecule has 0 N–H and O–H groups in total. The number of alkyl halides is 1. The van der Waals surface area contributed by atoms with Crippen molar-refractivity contribution in [2.24, 2.45) is 5.92 Å². The van der Waals surface area contributed by atoms with Gasteiger partial charge in [-0.2, -0.15) is 0 Å². The lowest BCUT2D eigenvalue weighted by molar-refractivity contribution is 0.217. The van der Waals surface area contributed by atoms with Crippen LogP contribution in [0.25, 0.3) is 11.0 Å². The Balaban J connectivity index is 2.08. The summed E-state index contributed by atoms with van der Waals surface area (Å²) >= 11 is 5.97. The first-order valence-corrected chi connectivity index (χ1v) is 8.36. The SMILES string of the molecule is CC1CC(n2c(CCCl)nc3c(OC(C)C)cccc32)C1. The Bertz CT molecular complexity index is 629. The lowest BCUT2D eigenvalue weighted by Gasteiger charge is -2.35. The summed E-state index contributed by atoms with van der Waals surface area (Å²) in [6, 6.07) is 6.78. The van der Waals surface area contributed by atoms with Crippen LogP contribution in [0.4, 0.5) is 0 Å². The minimum absolute atomic E-state index is 0.154. The summed E-state index contributed by atoms with van der Waals surface area (Å²) in [6.45, 7) is 6.40. The average Bonchev–Trinajstić information content (AvgIpc) is 2.74. The summed E-state index contributed by atoms with van der Waals surface area (Å²) in [7, 11) is 0. The van der Waals surface area contributed by atoms with E-state index < -0.39 is 0 Å². The molecule has 3 nitrogen and oxygen atoms in total. The molecule has 0 bridgehead atoms. The average molecular weight is 307 g/mol. The molecule has 1 heterocycles. The predicted octanol–water partition coefficient (Wildman–Crippen LogP) is 4.58. The van der Waals surface area contributed by atoms with Crippen molar-refractivity contribution in [1.29, 1.82) is 0 Å². The molecule has 0 radical (unpaired) electrons. The topological polar surface area (TPSA) is 27.1 Å². The fourth-order valence-corrected chi connectivity index (χ4v) is 3.40. The van der Waals surface area contributed by atoms with Crippen molar-refractivity contribution < 1.29 is 4.74 Å². The molecule has 3 rings (SSSR count).